The number of carbonyl (C=O) groups excluding carboxylic acids is 1. The number of benzene rings is 2. The first-order valence-electron chi connectivity index (χ1n) is 5.86. The average Bonchev–Trinajstić information content (AvgIpc) is 2.26. The lowest BCUT2D eigenvalue weighted by atomic mass is 9.97. The molecule has 2 rings (SSSR count). The van der Waals surface area contributed by atoms with Gasteiger partial charge in [0.15, 0.2) is 5.78 Å². The number of rotatable bonds is 2. The maximum absolute atomic E-state index is 12.4. The molecule has 2 heteroatoms. The maximum Gasteiger partial charge on any atom is 0.193 e. The summed E-state index contributed by atoms with van der Waals surface area (Å²) in [6, 6.07) is 11.3. The second-order valence-electron chi connectivity index (χ2n) is 4.66. The molecule has 0 aliphatic heterocycles. The number of ketones is 1. The lowest BCUT2D eigenvalue weighted by Gasteiger charge is -2.07. The number of carbonyl (C=O) groups is 1. The lowest BCUT2D eigenvalue weighted by Crippen LogP contribution is -2.04. The largest absolute Gasteiger partial charge is 0.289 e. The molecule has 0 atom stereocenters. The van der Waals surface area contributed by atoms with Crippen molar-refractivity contribution in [2.24, 2.45) is 0 Å². The van der Waals surface area contributed by atoms with Crippen molar-refractivity contribution >= 4 is 17.4 Å². The van der Waals surface area contributed by atoms with Crippen molar-refractivity contribution in [2.75, 3.05) is 0 Å². The van der Waals surface area contributed by atoms with Crippen LogP contribution in [0.5, 0.6) is 0 Å². The third-order valence-electron chi connectivity index (χ3n) is 2.92. The van der Waals surface area contributed by atoms with Gasteiger partial charge in [0, 0.05) is 16.1 Å². The Morgan fingerprint density at radius 2 is 1.56 bits per heavy atom. The topological polar surface area (TPSA) is 17.1 Å². The molecule has 2 aromatic rings. The standard InChI is InChI=1S/C16H15ClO/c1-10-6-11(2)8-13(7-10)16(18)15-5-4-14(17)9-12(15)3/h4-9H,1-3H3. The lowest BCUT2D eigenvalue weighted by molar-refractivity contribution is 0.103. The molecular weight excluding hydrogens is 244 g/mol. The second-order valence-corrected chi connectivity index (χ2v) is 5.10. The molecule has 0 unspecified atom stereocenters. The van der Waals surface area contributed by atoms with Crippen LogP contribution in [-0.2, 0) is 0 Å². The van der Waals surface area contributed by atoms with Gasteiger partial charge in [-0.1, -0.05) is 28.8 Å². The van der Waals surface area contributed by atoms with Crippen LogP contribution in [0.15, 0.2) is 36.4 Å². The van der Waals surface area contributed by atoms with E-state index in [1.807, 2.05) is 39.0 Å². The summed E-state index contributed by atoms with van der Waals surface area (Å²) < 4.78 is 0. The van der Waals surface area contributed by atoms with E-state index in [4.69, 9.17) is 11.6 Å². The number of halogens is 1. The molecule has 1 nitrogen and oxygen atoms in total. The van der Waals surface area contributed by atoms with Crippen molar-refractivity contribution in [3.05, 3.63) is 69.2 Å². The molecule has 0 radical (unpaired) electrons. The summed E-state index contributed by atoms with van der Waals surface area (Å²) in [6.07, 6.45) is 0. The van der Waals surface area contributed by atoms with E-state index >= 15 is 0 Å². The van der Waals surface area contributed by atoms with Gasteiger partial charge in [0.1, 0.15) is 0 Å². The first kappa shape index (κ1) is 12.8. The highest BCUT2D eigenvalue weighted by Crippen LogP contribution is 2.20. The van der Waals surface area contributed by atoms with Gasteiger partial charge in [-0.2, -0.15) is 0 Å². The summed E-state index contributed by atoms with van der Waals surface area (Å²) in [7, 11) is 0. The molecular formula is C16H15ClO. The fourth-order valence-electron chi connectivity index (χ4n) is 2.14. The van der Waals surface area contributed by atoms with Gasteiger partial charge >= 0.3 is 0 Å². The molecule has 0 aliphatic rings. The number of hydrogen-bond donors (Lipinski definition) is 0. The molecule has 0 N–H and O–H groups in total. The fraction of sp³-hybridized carbons (Fsp3) is 0.188. The molecule has 0 saturated heterocycles. The van der Waals surface area contributed by atoms with E-state index in [1.54, 1.807) is 12.1 Å². The summed E-state index contributed by atoms with van der Waals surface area (Å²) in [5, 5.41) is 0.657. The van der Waals surface area contributed by atoms with E-state index < -0.39 is 0 Å². The minimum Gasteiger partial charge on any atom is -0.289 e. The van der Waals surface area contributed by atoms with Gasteiger partial charge in [-0.15, -0.1) is 0 Å². The fourth-order valence-corrected chi connectivity index (χ4v) is 2.37. The van der Waals surface area contributed by atoms with Crippen LogP contribution in [0.1, 0.15) is 32.6 Å². The van der Waals surface area contributed by atoms with E-state index in [2.05, 4.69) is 6.07 Å². The van der Waals surface area contributed by atoms with Crippen LogP contribution in [0.4, 0.5) is 0 Å². The molecule has 0 aliphatic carbocycles. The zero-order valence-electron chi connectivity index (χ0n) is 10.8. The van der Waals surface area contributed by atoms with E-state index in [0.717, 1.165) is 22.3 Å². The Bertz CT molecular complexity index is 594. The molecule has 18 heavy (non-hydrogen) atoms. The minimum absolute atomic E-state index is 0.0518. The zero-order chi connectivity index (χ0) is 13.3. The summed E-state index contributed by atoms with van der Waals surface area (Å²) in [5.74, 6) is 0.0518. The summed E-state index contributed by atoms with van der Waals surface area (Å²) >= 11 is 5.91. The second kappa shape index (κ2) is 4.95. The van der Waals surface area contributed by atoms with E-state index in [9.17, 15) is 4.79 Å². The van der Waals surface area contributed by atoms with Crippen LogP contribution < -0.4 is 0 Å². The normalized spacial score (nSPS) is 10.4. The Hall–Kier alpha value is -1.60. The van der Waals surface area contributed by atoms with Gasteiger partial charge in [0.25, 0.3) is 0 Å². The van der Waals surface area contributed by atoms with Crippen LogP contribution in [0.25, 0.3) is 0 Å². The van der Waals surface area contributed by atoms with Gasteiger partial charge in [0.05, 0.1) is 0 Å². The smallest absolute Gasteiger partial charge is 0.193 e. The molecule has 0 saturated carbocycles. The molecule has 0 amide bonds. The monoisotopic (exact) mass is 258 g/mol. The van der Waals surface area contributed by atoms with Crippen LogP contribution in [0.2, 0.25) is 5.02 Å². The van der Waals surface area contributed by atoms with E-state index in [0.29, 0.717) is 10.6 Å². The highest BCUT2D eigenvalue weighted by atomic mass is 35.5. The molecule has 0 aromatic heterocycles. The highest BCUT2D eigenvalue weighted by Gasteiger charge is 2.12. The Balaban J connectivity index is 2.47. The van der Waals surface area contributed by atoms with Crippen LogP contribution >= 0.6 is 11.6 Å². The summed E-state index contributed by atoms with van der Waals surface area (Å²) in [6.45, 7) is 5.90. The van der Waals surface area contributed by atoms with Crippen LogP contribution in [0.3, 0.4) is 0 Å². The zero-order valence-corrected chi connectivity index (χ0v) is 11.5. The molecule has 0 spiro atoms. The van der Waals surface area contributed by atoms with Gasteiger partial charge in [-0.3, -0.25) is 4.79 Å². The molecule has 0 heterocycles. The summed E-state index contributed by atoms with van der Waals surface area (Å²) in [5.41, 5.74) is 4.56. The van der Waals surface area contributed by atoms with Crippen molar-refractivity contribution in [2.45, 2.75) is 20.8 Å². The van der Waals surface area contributed by atoms with Gasteiger partial charge in [0.2, 0.25) is 0 Å². The average molecular weight is 259 g/mol. The number of aryl methyl sites for hydroxylation is 3. The Kier molecular flexibility index (Phi) is 3.53. The van der Waals surface area contributed by atoms with Gasteiger partial charge < -0.3 is 0 Å². The minimum atomic E-state index is 0.0518. The molecule has 0 fully saturated rings. The molecule has 0 bridgehead atoms. The van der Waals surface area contributed by atoms with Crippen molar-refractivity contribution < 1.29 is 4.79 Å². The predicted octanol–water partition coefficient (Wildman–Crippen LogP) is 4.50. The Labute approximate surface area is 112 Å². The van der Waals surface area contributed by atoms with Crippen molar-refractivity contribution in [1.82, 2.24) is 0 Å². The van der Waals surface area contributed by atoms with Crippen LogP contribution in [0, 0.1) is 20.8 Å². The molecule has 92 valence electrons. The number of hydrogen-bond acceptors (Lipinski definition) is 1. The van der Waals surface area contributed by atoms with Gasteiger partial charge in [-0.05, 0) is 56.7 Å². The first-order valence-corrected chi connectivity index (χ1v) is 6.24. The maximum atomic E-state index is 12.4. The van der Waals surface area contributed by atoms with Crippen molar-refractivity contribution in [3.63, 3.8) is 0 Å². The van der Waals surface area contributed by atoms with Crippen LogP contribution in [-0.4, -0.2) is 5.78 Å². The van der Waals surface area contributed by atoms with E-state index in [1.165, 1.54) is 0 Å². The summed E-state index contributed by atoms with van der Waals surface area (Å²) in [4.78, 5) is 12.4. The van der Waals surface area contributed by atoms with Gasteiger partial charge in [-0.25, -0.2) is 0 Å². The molecule has 2 aromatic carbocycles. The van der Waals surface area contributed by atoms with Crippen molar-refractivity contribution in [3.8, 4) is 0 Å². The Morgan fingerprint density at radius 3 is 2.11 bits per heavy atom. The van der Waals surface area contributed by atoms with Crippen molar-refractivity contribution in [1.29, 1.82) is 0 Å². The SMILES string of the molecule is Cc1cc(C)cc(C(=O)c2ccc(Cl)cc2C)c1. The third-order valence-corrected chi connectivity index (χ3v) is 3.15. The highest BCUT2D eigenvalue weighted by molar-refractivity contribution is 6.30. The predicted molar refractivity (Wildman–Crippen MR) is 75.5 cm³/mol. The quantitative estimate of drug-likeness (QED) is 0.725. The van der Waals surface area contributed by atoms with E-state index in [-0.39, 0.29) is 5.78 Å². The third kappa shape index (κ3) is 2.62. The Morgan fingerprint density at radius 1 is 0.944 bits per heavy atom. The first-order chi connectivity index (χ1) is 8.47.